The van der Waals surface area contributed by atoms with Crippen LogP contribution >= 0.6 is 15.9 Å². The maximum Gasteiger partial charge on any atom is 0.0181 e. The molecule has 0 saturated heterocycles. The van der Waals surface area contributed by atoms with Crippen molar-refractivity contribution in [1.29, 1.82) is 0 Å². The van der Waals surface area contributed by atoms with Gasteiger partial charge in [0.05, 0.1) is 0 Å². The molecule has 0 atom stereocenters. The highest BCUT2D eigenvalue weighted by atomic mass is 79.9. The zero-order valence-corrected chi connectivity index (χ0v) is 13.2. The second kappa shape index (κ2) is 5.75. The van der Waals surface area contributed by atoms with Gasteiger partial charge in [-0.05, 0) is 34.2 Å². The second-order valence-corrected chi connectivity index (χ2v) is 6.68. The molecule has 0 N–H and O–H groups in total. The van der Waals surface area contributed by atoms with Crippen molar-refractivity contribution in [1.82, 2.24) is 0 Å². The Hall–Kier alpha value is -1.34. The van der Waals surface area contributed by atoms with Crippen LogP contribution in [0.15, 0.2) is 53.0 Å². The van der Waals surface area contributed by atoms with Gasteiger partial charge in [0.25, 0.3) is 0 Å². The maximum atomic E-state index is 3.49. The van der Waals surface area contributed by atoms with Crippen LogP contribution in [0.1, 0.15) is 37.5 Å². The fourth-order valence-corrected chi connectivity index (χ4v) is 2.31. The third kappa shape index (κ3) is 4.07. The number of hydrogen-bond donors (Lipinski definition) is 0. The minimum Gasteiger partial charge on any atom is -0.0606 e. The maximum absolute atomic E-state index is 3.49. The van der Waals surface area contributed by atoms with E-state index in [2.05, 4.69) is 85.3 Å². The first-order valence-corrected chi connectivity index (χ1v) is 7.29. The standard InChI is InChI=1S/C18H19Br/c1-18(2,3)16-11-9-14(10-12-16)7-8-15-5-4-6-17(19)13-15/h4-13H,1-3H3/b8-7+. The molecule has 0 unspecified atom stereocenters. The lowest BCUT2D eigenvalue weighted by atomic mass is 9.87. The van der Waals surface area contributed by atoms with Crippen LogP contribution in [0.3, 0.4) is 0 Å². The van der Waals surface area contributed by atoms with Crippen LogP contribution in [0.2, 0.25) is 0 Å². The van der Waals surface area contributed by atoms with Crippen molar-refractivity contribution >= 4 is 28.1 Å². The van der Waals surface area contributed by atoms with Crippen LogP contribution in [-0.4, -0.2) is 0 Å². The van der Waals surface area contributed by atoms with E-state index in [0.29, 0.717) is 0 Å². The van der Waals surface area contributed by atoms with Gasteiger partial charge in [0, 0.05) is 4.47 Å². The molecule has 0 bridgehead atoms. The summed E-state index contributed by atoms with van der Waals surface area (Å²) in [5.41, 5.74) is 4.02. The lowest BCUT2D eigenvalue weighted by Crippen LogP contribution is -2.10. The zero-order chi connectivity index (χ0) is 13.9. The summed E-state index contributed by atoms with van der Waals surface area (Å²) in [5.74, 6) is 0. The highest BCUT2D eigenvalue weighted by Crippen LogP contribution is 2.22. The van der Waals surface area contributed by atoms with Crippen LogP contribution < -0.4 is 0 Å². The van der Waals surface area contributed by atoms with E-state index in [1.807, 2.05) is 12.1 Å². The minimum absolute atomic E-state index is 0.215. The topological polar surface area (TPSA) is 0 Å². The van der Waals surface area contributed by atoms with Gasteiger partial charge in [0.15, 0.2) is 0 Å². The smallest absolute Gasteiger partial charge is 0.0181 e. The van der Waals surface area contributed by atoms with Crippen molar-refractivity contribution in [3.05, 3.63) is 69.7 Å². The first-order chi connectivity index (χ1) is 8.95. The summed E-state index contributed by atoms with van der Waals surface area (Å²) in [4.78, 5) is 0. The Kier molecular flexibility index (Phi) is 4.26. The number of benzene rings is 2. The van der Waals surface area contributed by atoms with E-state index in [1.165, 1.54) is 16.7 Å². The predicted molar refractivity (Wildman–Crippen MR) is 88.2 cm³/mol. The van der Waals surface area contributed by atoms with Crippen molar-refractivity contribution < 1.29 is 0 Å². The lowest BCUT2D eigenvalue weighted by Gasteiger charge is -2.18. The Morgan fingerprint density at radius 3 is 2.05 bits per heavy atom. The van der Waals surface area contributed by atoms with E-state index in [4.69, 9.17) is 0 Å². The van der Waals surface area contributed by atoms with E-state index in [1.54, 1.807) is 0 Å². The molecule has 0 aliphatic rings. The molecule has 0 amide bonds. The SMILES string of the molecule is CC(C)(C)c1ccc(/C=C/c2cccc(Br)c2)cc1. The molecule has 0 heterocycles. The monoisotopic (exact) mass is 314 g/mol. The average molecular weight is 315 g/mol. The Balaban J connectivity index is 2.16. The van der Waals surface area contributed by atoms with Gasteiger partial charge in [0.2, 0.25) is 0 Å². The molecule has 0 spiro atoms. The van der Waals surface area contributed by atoms with E-state index in [9.17, 15) is 0 Å². The van der Waals surface area contributed by atoms with Gasteiger partial charge in [-0.3, -0.25) is 0 Å². The summed E-state index contributed by atoms with van der Waals surface area (Å²) >= 11 is 3.49. The highest BCUT2D eigenvalue weighted by molar-refractivity contribution is 9.10. The van der Waals surface area contributed by atoms with Crippen molar-refractivity contribution in [2.75, 3.05) is 0 Å². The summed E-state index contributed by atoms with van der Waals surface area (Å²) < 4.78 is 1.11. The van der Waals surface area contributed by atoms with Gasteiger partial charge in [-0.25, -0.2) is 0 Å². The Labute approximate surface area is 124 Å². The van der Waals surface area contributed by atoms with Crippen molar-refractivity contribution in [3.8, 4) is 0 Å². The molecule has 1 heteroatoms. The molecule has 19 heavy (non-hydrogen) atoms. The molecule has 98 valence electrons. The van der Waals surface area contributed by atoms with E-state index in [-0.39, 0.29) is 5.41 Å². The fourth-order valence-electron chi connectivity index (χ4n) is 1.90. The number of hydrogen-bond acceptors (Lipinski definition) is 0. The molecular formula is C18H19Br. The fraction of sp³-hybridized carbons (Fsp3) is 0.222. The van der Waals surface area contributed by atoms with E-state index < -0.39 is 0 Å². The van der Waals surface area contributed by atoms with Crippen LogP contribution in [-0.2, 0) is 5.41 Å². The van der Waals surface area contributed by atoms with Crippen molar-refractivity contribution in [3.63, 3.8) is 0 Å². The number of halogens is 1. The number of rotatable bonds is 2. The van der Waals surface area contributed by atoms with E-state index in [0.717, 1.165) is 4.47 Å². The van der Waals surface area contributed by atoms with Gasteiger partial charge < -0.3 is 0 Å². The summed E-state index contributed by atoms with van der Waals surface area (Å²) in [7, 11) is 0. The normalized spacial score (nSPS) is 12.0. The van der Waals surface area contributed by atoms with Crippen molar-refractivity contribution in [2.24, 2.45) is 0 Å². The quantitative estimate of drug-likeness (QED) is 0.604. The van der Waals surface area contributed by atoms with Crippen LogP contribution in [0, 0.1) is 0 Å². The summed E-state index contributed by atoms with van der Waals surface area (Å²) in [6.07, 6.45) is 4.28. The van der Waals surface area contributed by atoms with E-state index >= 15 is 0 Å². The van der Waals surface area contributed by atoms with Crippen LogP contribution in [0.4, 0.5) is 0 Å². The van der Waals surface area contributed by atoms with Gasteiger partial charge in [-0.2, -0.15) is 0 Å². The largest absolute Gasteiger partial charge is 0.0606 e. The molecule has 2 aromatic rings. The molecule has 2 aromatic carbocycles. The highest BCUT2D eigenvalue weighted by Gasteiger charge is 2.12. The third-order valence-corrected chi connectivity index (χ3v) is 3.59. The molecular weight excluding hydrogens is 296 g/mol. The first kappa shape index (κ1) is 14.1. The second-order valence-electron chi connectivity index (χ2n) is 5.76. The Bertz CT molecular complexity index is 571. The Morgan fingerprint density at radius 2 is 1.47 bits per heavy atom. The van der Waals surface area contributed by atoms with Gasteiger partial charge in [0.1, 0.15) is 0 Å². The van der Waals surface area contributed by atoms with Gasteiger partial charge in [-0.15, -0.1) is 0 Å². The first-order valence-electron chi connectivity index (χ1n) is 6.49. The van der Waals surface area contributed by atoms with Crippen molar-refractivity contribution in [2.45, 2.75) is 26.2 Å². The van der Waals surface area contributed by atoms with Crippen LogP contribution in [0.5, 0.6) is 0 Å². The zero-order valence-electron chi connectivity index (χ0n) is 11.7. The molecule has 0 aliphatic heterocycles. The minimum atomic E-state index is 0.215. The molecule has 0 saturated carbocycles. The summed E-state index contributed by atoms with van der Waals surface area (Å²) in [5, 5.41) is 0. The van der Waals surface area contributed by atoms with Gasteiger partial charge >= 0.3 is 0 Å². The summed E-state index contributed by atoms with van der Waals surface area (Å²) in [6.45, 7) is 6.71. The average Bonchev–Trinajstić information content (AvgIpc) is 2.36. The molecule has 0 aromatic heterocycles. The van der Waals surface area contributed by atoms with Crippen LogP contribution in [0.25, 0.3) is 12.2 Å². The molecule has 0 aliphatic carbocycles. The predicted octanol–water partition coefficient (Wildman–Crippen LogP) is 5.92. The molecule has 0 radical (unpaired) electrons. The molecule has 0 fully saturated rings. The molecule has 0 nitrogen and oxygen atoms in total. The molecule has 2 rings (SSSR count). The Morgan fingerprint density at radius 1 is 0.842 bits per heavy atom. The third-order valence-electron chi connectivity index (χ3n) is 3.09. The lowest BCUT2D eigenvalue weighted by molar-refractivity contribution is 0.590. The van der Waals surface area contributed by atoms with Gasteiger partial charge in [-0.1, -0.05) is 85.3 Å². The summed E-state index contributed by atoms with van der Waals surface area (Å²) in [6, 6.07) is 17.1.